The van der Waals surface area contributed by atoms with Gasteiger partial charge in [-0.25, -0.2) is 0 Å². The summed E-state index contributed by atoms with van der Waals surface area (Å²) in [6.45, 7) is 10.0. The Hall–Kier alpha value is -11.6. The van der Waals surface area contributed by atoms with Crippen molar-refractivity contribution in [2.45, 2.75) is 98.9 Å². The van der Waals surface area contributed by atoms with Crippen LogP contribution in [0, 0.1) is 0 Å². The minimum Gasteiger partial charge on any atom is -0.484 e. The van der Waals surface area contributed by atoms with Crippen LogP contribution in [0.2, 0.25) is 0 Å². The van der Waals surface area contributed by atoms with E-state index in [1.165, 1.54) is 178 Å². The first-order valence-electron chi connectivity index (χ1n) is 37.8. The van der Waals surface area contributed by atoms with Crippen LogP contribution in [0.4, 0.5) is 0 Å². The molecular weight excluding hydrogens is 1260 g/mol. The molecule has 23 rings (SSSR count). The smallest absolute Gasteiger partial charge is 0.136 e. The fraction of sp³-hybridized carbons (Fsp3) is 0.157. The predicted octanol–water partition coefficient (Wildman–Crippen LogP) is 24.9. The second kappa shape index (κ2) is 21.1. The molecule has 14 aromatic rings. The van der Waals surface area contributed by atoms with Crippen LogP contribution in [-0.4, -0.2) is 6.10 Å². The Bertz CT molecular complexity index is 6190. The lowest BCUT2D eigenvalue weighted by molar-refractivity contribution is 0.251. The molecule has 9 aliphatic rings. The molecule has 1 aromatic heterocycles. The minimum absolute atomic E-state index is 0.0937. The topological polar surface area (TPSA) is 22.4 Å². The lowest BCUT2D eigenvalue weighted by Gasteiger charge is -2.38. The summed E-state index contributed by atoms with van der Waals surface area (Å²) in [6, 6.07) is 110. The fourth-order valence-corrected chi connectivity index (χ4v) is 22.6. The summed E-state index contributed by atoms with van der Waals surface area (Å²) in [6.07, 6.45) is 10.8. The van der Waals surface area contributed by atoms with Crippen molar-refractivity contribution >= 4 is 33.1 Å². The lowest BCUT2D eigenvalue weighted by atomic mass is 9.66. The van der Waals surface area contributed by atoms with Gasteiger partial charge in [-0.15, -0.1) is 0 Å². The molecule has 0 radical (unpaired) electrons. The van der Waals surface area contributed by atoms with E-state index in [-0.39, 0.29) is 34.7 Å². The van der Waals surface area contributed by atoms with E-state index in [1.807, 2.05) is 0 Å². The Morgan fingerprint density at radius 1 is 0.433 bits per heavy atom. The van der Waals surface area contributed by atoms with E-state index in [0.717, 1.165) is 48.0 Å². The lowest BCUT2D eigenvalue weighted by Crippen LogP contribution is -2.33. The maximum absolute atomic E-state index is 7.23. The van der Waals surface area contributed by atoms with Crippen molar-refractivity contribution < 1.29 is 9.15 Å². The predicted molar refractivity (Wildman–Crippen MR) is 425 cm³/mol. The van der Waals surface area contributed by atoms with Crippen LogP contribution >= 0.6 is 0 Å². The number of hydrogen-bond donors (Lipinski definition) is 0. The molecule has 1 aliphatic heterocycles. The molecular formula is C102H74O2. The highest BCUT2D eigenvalue weighted by molar-refractivity contribution is 6.17. The van der Waals surface area contributed by atoms with E-state index < -0.39 is 10.8 Å². The fourth-order valence-electron chi connectivity index (χ4n) is 22.6. The van der Waals surface area contributed by atoms with Crippen molar-refractivity contribution in [1.82, 2.24) is 0 Å². The highest BCUT2D eigenvalue weighted by atomic mass is 16.5. The molecule has 0 fully saturated rings. The maximum atomic E-state index is 7.23. The number of benzene rings is 13. The Morgan fingerprint density at radius 3 is 1.82 bits per heavy atom. The second-order valence-electron chi connectivity index (χ2n) is 32.0. The third-order valence-electron chi connectivity index (χ3n) is 26.7. The maximum Gasteiger partial charge on any atom is 0.136 e. The van der Waals surface area contributed by atoms with E-state index in [9.17, 15) is 0 Å². The molecule has 494 valence electrons. The van der Waals surface area contributed by atoms with Crippen LogP contribution in [0.1, 0.15) is 147 Å². The summed E-state index contributed by atoms with van der Waals surface area (Å²) in [5, 5.41) is 2.37. The number of ether oxygens (including phenoxy) is 1. The number of furan rings is 1. The minimum atomic E-state index is -0.637. The van der Waals surface area contributed by atoms with Crippen molar-refractivity contribution in [1.29, 1.82) is 0 Å². The summed E-state index contributed by atoms with van der Waals surface area (Å²) >= 11 is 0. The van der Waals surface area contributed by atoms with Crippen LogP contribution < -0.4 is 4.74 Å². The molecule has 2 spiro atoms. The zero-order valence-electron chi connectivity index (χ0n) is 58.8. The largest absolute Gasteiger partial charge is 0.484 e. The van der Waals surface area contributed by atoms with Crippen LogP contribution in [0.25, 0.3) is 88.7 Å². The summed E-state index contributed by atoms with van der Waals surface area (Å²) in [4.78, 5) is 0. The molecule has 104 heavy (non-hydrogen) atoms. The third kappa shape index (κ3) is 7.45. The number of rotatable bonds is 8. The molecule has 8 aliphatic carbocycles. The molecule has 0 bridgehead atoms. The summed E-state index contributed by atoms with van der Waals surface area (Å²) in [7, 11) is 0. The Kier molecular flexibility index (Phi) is 11.9. The monoisotopic (exact) mass is 1330 g/mol. The normalized spacial score (nSPS) is 20.3. The van der Waals surface area contributed by atoms with Gasteiger partial charge in [0.15, 0.2) is 0 Å². The molecule has 0 amide bonds. The first-order chi connectivity index (χ1) is 51.1. The van der Waals surface area contributed by atoms with Crippen LogP contribution in [0.3, 0.4) is 0 Å². The highest BCUT2D eigenvalue weighted by Gasteiger charge is 2.61. The Morgan fingerprint density at radius 2 is 1.05 bits per heavy atom. The molecule has 5 unspecified atom stereocenters. The molecule has 0 saturated heterocycles. The van der Waals surface area contributed by atoms with E-state index in [1.54, 1.807) is 0 Å². The van der Waals surface area contributed by atoms with Crippen molar-refractivity contribution in [2.75, 3.05) is 0 Å². The van der Waals surface area contributed by atoms with Gasteiger partial charge in [0.2, 0.25) is 0 Å². The molecule has 2 heteroatoms. The molecule has 13 aromatic carbocycles. The zero-order valence-corrected chi connectivity index (χ0v) is 58.8. The van der Waals surface area contributed by atoms with Crippen molar-refractivity contribution in [3.8, 4) is 61.4 Å². The molecule has 2 heterocycles. The zero-order chi connectivity index (χ0) is 68.7. The number of aryl methyl sites for hydroxylation is 1. The number of fused-ring (bicyclic) bond motifs is 34. The van der Waals surface area contributed by atoms with E-state index >= 15 is 0 Å². The van der Waals surface area contributed by atoms with Gasteiger partial charge in [-0.3, -0.25) is 0 Å². The van der Waals surface area contributed by atoms with Gasteiger partial charge >= 0.3 is 0 Å². The average molecular weight is 1330 g/mol. The SMILES string of the molecule is CC1(C)C2=C3C(c4ccccc4C3(C)C)C3Oc4ccccc4C3=C2c2ccc(CCC(Cc3c(-c4ccccc4)cccc3-c3ccccc3)c3ccc4c(c3)C3(c5ccccc5-c5ccccc53)c3cc5c(cc3-4)C3(C4=CC=CCC4c4ccccc43)c3ccc4oc6ccccc6c4c3-5)cc21. The van der Waals surface area contributed by atoms with Crippen molar-refractivity contribution in [3.05, 3.63) is 409 Å². The number of hydrogen-bond acceptors (Lipinski definition) is 2. The van der Waals surface area contributed by atoms with Crippen molar-refractivity contribution in [3.63, 3.8) is 0 Å². The Labute approximate surface area is 607 Å². The van der Waals surface area contributed by atoms with Crippen molar-refractivity contribution in [2.24, 2.45) is 0 Å². The van der Waals surface area contributed by atoms with Gasteiger partial charge in [0.05, 0.1) is 10.8 Å². The number of allylic oxidation sites excluding steroid dienone is 6. The average Bonchev–Trinajstić information content (AvgIpc) is 1.13. The summed E-state index contributed by atoms with van der Waals surface area (Å²) in [5.74, 6) is 1.50. The number of para-hydroxylation sites is 2. The molecule has 0 N–H and O–H groups in total. The van der Waals surface area contributed by atoms with E-state index in [2.05, 4.69) is 331 Å². The first kappa shape index (κ1) is 59.0. The van der Waals surface area contributed by atoms with Crippen LogP contribution in [0.15, 0.2) is 324 Å². The van der Waals surface area contributed by atoms with Gasteiger partial charge in [-0.05, 0) is 223 Å². The van der Waals surface area contributed by atoms with Gasteiger partial charge < -0.3 is 9.15 Å². The Balaban J connectivity index is 0.743. The molecule has 5 atom stereocenters. The first-order valence-corrected chi connectivity index (χ1v) is 37.8. The van der Waals surface area contributed by atoms with E-state index in [0.29, 0.717) is 0 Å². The van der Waals surface area contributed by atoms with Gasteiger partial charge in [0.1, 0.15) is 23.0 Å². The standard InChI is InChI=1S/C102H74O2/c1-99(2)78-39-18-15-34-71(78)95-97(99)96-93(94-74-36-17-24-45-89(74)104-98(94)95)72-50-47-59(54-84(72)100(96,3)4)46-48-62(55-75-64(60-26-7-5-8-27-60)37-25-38-65(75)61-28-9-6-10-29-61)63-49-51-70-76-57-87-77(58-86(76)102(85(70)56-63)81-42-21-13-32-68(81)69-33-14-22-43-82(69)102)91-83(52-53-90-92(91)73-35-16-23-44-88(73)103-90)101(87)79-40-19-11-30-66(79)67-31-12-20-41-80(67)101/h5-30,32-45,47,49-54,56-58,62,67,95,98H,31,46,48,55H2,1-4H3. The highest BCUT2D eigenvalue weighted by Crippen LogP contribution is 2.72. The third-order valence-corrected chi connectivity index (χ3v) is 26.7. The molecule has 0 saturated carbocycles. The van der Waals surface area contributed by atoms with Gasteiger partial charge in [0.25, 0.3) is 0 Å². The summed E-state index contributed by atoms with van der Waals surface area (Å²) < 4.78 is 14.1. The molecule has 2 nitrogen and oxygen atoms in total. The van der Waals surface area contributed by atoms with Crippen LogP contribution in [0.5, 0.6) is 5.75 Å². The van der Waals surface area contributed by atoms with Gasteiger partial charge in [0, 0.05) is 44.6 Å². The van der Waals surface area contributed by atoms with Gasteiger partial charge in [-0.1, -0.05) is 301 Å². The van der Waals surface area contributed by atoms with Gasteiger partial charge in [-0.2, -0.15) is 0 Å². The second-order valence-corrected chi connectivity index (χ2v) is 32.0. The quantitative estimate of drug-likeness (QED) is 0.151. The summed E-state index contributed by atoms with van der Waals surface area (Å²) in [5.41, 5.74) is 42.5. The van der Waals surface area contributed by atoms with E-state index in [4.69, 9.17) is 9.15 Å². The van der Waals surface area contributed by atoms with Crippen LogP contribution in [-0.2, 0) is 34.5 Å².